The minimum absolute atomic E-state index is 0.163. The normalized spacial score (nSPS) is 14.8. The summed E-state index contributed by atoms with van der Waals surface area (Å²) in [5.41, 5.74) is -0.205. The molecule has 0 fully saturated rings. The van der Waals surface area contributed by atoms with Crippen molar-refractivity contribution >= 4 is 22.7 Å². The minimum atomic E-state index is -4.46. The number of hydrazine groups is 1. The molecule has 1 aromatic carbocycles. The molecule has 0 N–H and O–H groups in total. The number of likely N-dealkylation sites (N-methyl/N-ethyl adjacent to an activating group) is 1. The van der Waals surface area contributed by atoms with Gasteiger partial charge < -0.3 is 9.75 Å². The number of halogens is 3. The van der Waals surface area contributed by atoms with Crippen LogP contribution < -0.4 is 11.2 Å². The van der Waals surface area contributed by atoms with E-state index < -0.39 is 29.2 Å². The molecule has 240 valence electrons. The van der Waals surface area contributed by atoms with Crippen LogP contribution in [-0.4, -0.2) is 48.3 Å². The summed E-state index contributed by atoms with van der Waals surface area (Å²) in [5.74, 6) is -0.0287. The lowest BCUT2D eigenvalue weighted by molar-refractivity contribution is -0.154. The number of aromatic nitrogens is 4. The van der Waals surface area contributed by atoms with E-state index in [1.54, 1.807) is 35.8 Å². The Hall–Kier alpha value is -3.87. The van der Waals surface area contributed by atoms with Gasteiger partial charge in [0.2, 0.25) is 0 Å². The van der Waals surface area contributed by atoms with E-state index in [0.717, 1.165) is 25.0 Å². The van der Waals surface area contributed by atoms with Gasteiger partial charge in [0.1, 0.15) is 5.82 Å². The number of aryl methyl sites for hydroxylation is 1. The number of benzene rings is 1. The van der Waals surface area contributed by atoms with Crippen LogP contribution in [0.5, 0.6) is 0 Å². The van der Waals surface area contributed by atoms with Crippen LogP contribution in [0, 0.1) is 0 Å². The first-order valence-corrected chi connectivity index (χ1v) is 15.2. The van der Waals surface area contributed by atoms with Crippen molar-refractivity contribution in [2.24, 2.45) is 0 Å². The zero-order valence-electron chi connectivity index (χ0n) is 26.0. The number of imidazole rings is 1. The summed E-state index contributed by atoms with van der Waals surface area (Å²) < 4.78 is 50.2. The van der Waals surface area contributed by atoms with Gasteiger partial charge in [-0.1, -0.05) is 45.7 Å². The fourth-order valence-corrected chi connectivity index (χ4v) is 5.50. The maximum Gasteiger partial charge on any atom is 0.416 e. The first-order valence-electron chi connectivity index (χ1n) is 15.2. The van der Waals surface area contributed by atoms with Crippen molar-refractivity contribution < 1.29 is 22.7 Å². The van der Waals surface area contributed by atoms with Gasteiger partial charge in [0, 0.05) is 51.3 Å². The number of carbonyl (C=O) groups excluding carboxylic acids is 1. The molecule has 0 amide bonds. The zero-order valence-corrected chi connectivity index (χ0v) is 26.0. The largest absolute Gasteiger partial charge is 0.441 e. The van der Waals surface area contributed by atoms with E-state index in [0.29, 0.717) is 42.8 Å². The minimum Gasteiger partial charge on any atom is -0.441 e. The molecule has 3 aromatic rings. The number of alkyl halides is 3. The highest BCUT2D eigenvalue weighted by Gasteiger charge is 2.33. The van der Waals surface area contributed by atoms with Crippen molar-refractivity contribution in [3.63, 3.8) is 0 Å². The number of rotatable bonds is 13. The van der Waals surface area contributed by atoms with Crippen LogP contribution in [0.4, 0.5) is 13.2 Å². The van der Waals surface area contributed by atoms with Crippen LogP contribution in [-0.2, 0) is 35.3 Å². The Balaban J connectivity index is 1.85. The number of carbonyl (C=O) groups is 1. The zero-order chi connectivity index (χ0) is 32.2. The molecule has 0 radical (unpaired) electrons. The van der Waals surface area contributed by atoms with Gasteiger partial charge in [-0.05, 0) is 37.5 Å². The van der Waals surface area contributed by atoms with Crippen LogP contribution in [0.1, 0.15) is 89.4 Å². The number of hydrogen-bond acceptors (Lipinski definition) is 7. The van der Waals surface area contributed by atoms with Crippen molar-refractivity contribution in [3.8, 4) is 0 Å². The van der Waals surface area contributed by atoms with Gasteiger partial charge in [-0.3, -0.25) is 23.3 Å². The van der Waals surface area contributed by atoms with Crippen LogP contribution in [0.3, 0.4) is 0 Å². The fourth-order valence-electron chi connectivity index (χ4n) is 5.50. The number of ether oxygens (including phenoxy) is 1. The lowest BCUT2D eigenvalue weighted by atomic mass is 10.1. The second-order valence-electron chi connectivity index (χ2n) is 11.0. The Labute approximate surface area is 254 Å². The van der Waals surface area contributed by atoms with Crippen LogP contribution in [0.15, 0.2) is 40.1 Å². The van der Waals surface area contributed by atoms with Crippen LogP contribution >= 0.6 is 0 Å². The highest BCUT2D eigenvalue weighted by atomic mass is 19.4. The Bertz CT molecular complexity index is 1640. The lowest BCUT2D eigenvalue weighted by Gasteiger charge is -2.25. The molecule has 10 nitrogen and oxygen atoms in total. The van der Waals surface area contributed by atoms with Crippen molar-refractivity contribution in [2.45, 2.75) is 98.3 Å². The molecule has 0 aliphatic carbocycles. The fraction of sp³-hybridized carbons (Fsp3) is 0.548. The molecule has 0 spiro atoms. The van der Waals surface area contributed by atoms with E-state index in [2.05, 4.69) is 0 Å². The second-order valence-corrected chi connectivity index (χ2v) is 11.0. The number of esters is 1. The first-order chi connectivity index (χ1) is 20.9. The second kappa shape index (κ2) is 13.8. The van der Waals surface area contributed by atoms with Crippen LogP contribution in [0.2, 0.25) is 0 Å². The van der Waals surface area contributed by atoms with E-state index in [4.69, 9.17) is 9.72 Å². The van der Waals surface area contributed by atoms with Gasteiger partial charge in [-0.15, -0.1) is 0 Å². The summed E-state index contributed by atoms with van der Waals surface area (Å²) >= 11 is 0. The molecule has 0 saturated heterocycles. The van der Waals surface area contributed by atoms with Gasteiger partial charge in [0.25, 0.3) is 5.56 Å². The molecule has 0 saturated carbocycles. The third-order valence-corrected chi connectivity index (χ3v) is 7.74. The quantitative estimate of drug-likeness (QED) is 0.183. The highest BCUT2D eigenvalue weighted by molar-refractivity contribution is 5.78. The first kappa shape index (κ1) is 33.0. The Morgan fingerprint density at radius 3 is 2.45 bits per heavy atom. The number of unbranched alkanes of at least 4 members (excludes halogenated alkanes) is 2. The van der Waals surface area contributed by atoms with E-state index in [1.165, 1.54) is 15.2 Å². The summed E-state index contributed by atoms with van der Waals surface area (Å²) in [6.07, 6.45) is 0.113. The summed E-state index contributed by atoms with van der Waals surface area (Å²) in [5, 5.41) is 3.60. The summed E-state index contributed by atoms with van der Waals surface area (Å²) in [6, 6.07) is 5.17. The molecule has 1 aliphatic heterocycles. The Kier molecular flexibility index (Phi) is 10.4. The highest BCUT2D eigenvalue weighted by Crippen LogP contribution is 2.32. The van der Waals surface area contributed by atoms with E-state index >= 15 is 0 Å². The third-order valence-electron chi connectivity index (χ3n) is 7.74. The van der Waals surface area contributed by atoms with Crippen molar-refractivity contribution in [3.05, 3.63) is 68.3 Å². The van der Waals surface area contributed by atoms with Gasteiger partial charge in [0.15, 0.2) is 17.4 Å². The maximum absolute atomic E-state index is 13.9. The SMILES string of the molecule is CCCCCC(=O)OC(CC)n1c(C2=CN(Cc3cccc(C(F)(F)F)c3)N(C)C2)nc2c1c(=O)n(CCC)c(=O)n2CC. The summed E-state index contributed by atoms with van der Waals surface area (Å²) in [6.45, 7) is 8.53. The number of nitrogens with zero attached hydrogens (tertiary/aromatic N) is 6. The predicted octanol–water partition coefficient (Wildman–Crippen LogP) is 5.54. The Morgan fingerprint density at radius 2 is 1.82 bits per heavy atom. The summed E-state index contributed by atoms with van der Waals surface area (Å²) in [4.78, 5) is 44.9. The van der Waals surface area contributed by atoms with Crippen molar-refractivity contribution in [1.29, 1.82) is 0 Å². The molecule has 13 heteroatoms. The average Bonchev–Trinajstić information content (AvgIpc) is 3.55. The Morgan fingerprint density at radius 1 is 1.07 bits per heavy atom. The van der Waals surface area contributed by atoms with E-state index in [1.807, 2.05) is 25.8 Å². The van der Waals surface area contributed by atoms with Gasteiger partial charge >= 0.3 is 17.8 Å². The van der Waals surface area contributed by atoms with E-state index in [-0.39, 0.29) is 43.2 Å². The lowest BCUT2D eigenvalue weighted by Crippen LogP contribution is -2.40. The third kappa shape index (κ3) is 6.77. The molecule has 1 aliphatic rings. The number of fused-ring (bicyclic) bond motifs is 1. The maximum atomic E-state index is 13.9. The molecule has 0 bridgehead atoms. The number of hydrogen-bond donors (Lipinski definition) is 0. The predicted molar refractivity (Wildman–Crippen MR) is 161 cm³/mol. The van der Waals surface area contributed by atoms with E-state index in [9.17, 15) is 27.6 Å². The molecular weight excluding hydrogens is 577 g/mol. The standard InChI is InChI=1S/C31H41F3N6O4/c1-6-10-11-15-25(41)44-24(8-3)40-26-28(38(9-4)30(43)39(16-7-2)29(26)42)35-27(40)22-19-36(5)37(20-22)18-21-13-12-14-23(17-21)31(32,33)34/h12-14,17,20,24H,6-11,15-16,18-19H2,1-5H3. The van der Waals surface area contributed by atoms with Gasteiger partial charge in [0.05, 0.1) is 12.1 Å². The molecule has 2 aromatic heterocycles. The monoisotopic (exact) mass is 618 g/mol. The van der Waals surface area contributed by atoms with Crippen molar-refractivity contribution in [1.82, 2.24) is 28.7 Å². The molecule has 1 unspecified atom stereocenters. The smallest absolute Gasteiger partial charge is 0.416 e. The molecular formula is C31H41F3N6O4. The van der Waals surface area contributed by atoms with Gasteiger partial charge in [-0.2, -0.15) is 13.2 Å². The topological polar surface area (TPSA) is 94.6 Å². The molecule has 1 atom stereocenters. The van der Waals surface area contributed by atoms with Crippen LogP contribution in [0.25, 0.3) is 16.7 Å². The molecule has 4 rings (SSSR count). The molecule has 3 heterocycles. The van der Waals surface area contributed by atoms with Gasteiger partial charge in [-0.25, -0.2) is 14.8 Å². The van der Waals surface area contributed by atoms with Crippen molar-refractivity contribution in [2.75, 3.05) is 13.6 Å². The molecule has 44 heavy (non-hydrogen) atoms. The average molecular weight is 619 g/mol. The summed E-state index contributed by atoms with van der Waals surface area (Å²) in [7, 11) is 1.80.